The van der Waals surface area contributed by atoms with Crippen molar-refractivity contribution in [3.05, 3.63) is 23.8 Å². The van der Waals surface area contributed by atoms with Crippen molar-refractivity contribution in [2.24, 2.45) is 22.7 Å². The van der Waals surface area contributed by atoms with Crippen LogP contribution in [0.2, 0.25) is 0 Å². The molecule has 6 heteroatoms. The van der Waals surface area contributed by atoms with Gasteiger partial charge >= 0.3 is 17.9 Å². The number of fused-ring (bicyclic) bond motifs is 1. The summed E-state index contributed by atoms with van der Waals surface area (Å²) in [6.45, 7) is 13.3. The summed E-state index contributed by atoms with van der Waals surface area (Å²) in [5.41, 5.74) is -0.244. The first kappa shape index (κ1) is 20.6. The smallest absolute Gasteiger partial charge is 0.333 e. The molecule has 0 aromatic rings. The van der Waals surface area contributed by atoms with Crippen LogP contribution in [0.15, 0.2) is 23.8 Å². The lowest BCUT2D eigenvalue weighted by atomic mass is 9.61. The number of hydrogen-bond acceptors (Lipinski definition) is 6. The van der Waals surface area contributed by atoms with Crippen LogP contribution in [0.4, 0.5) is 0 Å². The monoisotopic (exact) mass is 390 g/mol. The Morgan fingerprint density at radius 3 is 2.46 bits per heavy atom. The number of carbonyl (C=O) groups excluding carboxylic acids is 3. The third kappa shape index (κ3) is 2.88. The van der Waals surface area contributed by atoms with Gasteiger partial charge in [0, 0.05) is 18.4 Å². The molecule has 3 unspecified atom stereocenters. The molecule has 3 fully saturated rings. The zero-order valence-corrected chi connectivity index (χ0v) is 17.4. The molecule has 1 heterocycles. The molecule has 0 bridgehead atoms. The standard InChI is InChI=1S/C22H30O6/c1-7-12(2)19(24)28-16-9-8-13(3)21(6)11-22(14(4)10-26-20(22)25)18(17(16)21)27-15(5)23/h7,13,16-18H,4,8-11H2,1-3,5-6H3/t13?,16?,17-,18?,21-,22-/m1/s1. The molecule has 1 saturated heterocycles. The van der Waals surface area contributed by atoms with Gasteiger partial charge in [0.25, 0.3) is 0 Å². The van der Waals surface area contributed by atoms with Gasteiger partial charge in [-0.3, -0.25) is 9.59 Å². The summed E-state index contributed by atoms with van der Waals surface area (Å²) >= 11 is 0. The van der Waals surface area contributed by atoms with Gasteiger partial charge in [0.15, 0.2) is 0 Å². The van der Waals surface area contributed by atoms with Crippen LogP contribution in [0.1, 0.15) is 53.9 Å². The average Bonchev–Trinajstić information content (AvgIpc) is 3.07. The Morgan fingerprint density at radius 2 is 1.93 bits per heavy atom. The van der Waals surface area contributed by atoms with Crippen LogP contribution in [0, 0.1) is 22.7 Å². The molecule has 2 saturated carbocycles. The zero-order chi connectivity index (χ0) is 20.9. The van der Waals surface area contributed by atoms with E-state index in [1.165, 1.54) is 6.92 Å². The maximum Gasteiger partial charge on any atom is 0.333 e. The van der Waals surface area contributed by atoms with Crippen molar-refractivity contribution in [2.75, 3.05) is 6.61 Å². The summed E-state index contributed by atoms with van der Waals surface area (Å²) in [6, 6.07) is 0. The normalized spacial score (nSPS) is 40.2. The predicted octanol–water partition coefficient (Wildman–Crippen LogP) is 3.35. The quantitative estimate of drug-likeness (QED) is 0.318. The predicted molar refractivity (Wildman–Crippen MR) is 102 cm³/mol. The van der Waals surface area contributed by atoms with E-state index in [0.29, 0.717) is 24.0 Å². The molecule has 1 aliphatic heterocycles. The number of ether oxygens (including phenoxy) is 3. The molecule has 6 atom stereocenters. The molecule has 2 aliphatic carbocycles. The molecule has 6 nitrogen and oxygen atoms in total. The fourth-order valence-corrected chi connectivity index (χ4v) is 5.42. The summed E-state index contributed by atoms with van der Waals surface area (Å²) in [5.74, 6) is -1.25. The molecule has 28 heavy (non-hydrogen) atoms. The number of rotatable bonds is 3. The van der Waals surface area contributed by atoms with E-state index < -0.39 is 23.6 Å². The van der Waals surface area contributed by atoms with Gasteiger partial charge in [-0.2, -0.15) is 0 Å². The summed E-state index contributed by atoms with van der Waals surface area (Å²) in [5, 5.41) is 0. The summed E-state index contributed by atoms with van der Waals surface area (Å²) in [4.78, 5) is 37.3. The van der Waals surface area contributed by atoms with Crippen LogP contribution < -0.4 is 0 Å². The van der Waals surface area contributed by atoms with Crippen molar-refractivity contribution in [3.8, 4) is 0 Å². The minimum Gasteiger partial charge on any atom is -0.461 e. The number of hydrogen-bond donors (Lipinski definition) is 0. The Kier molecular flexibility index (Phi) is 5.19. The van der Waals surface area contributed by atoms with E-state index >= 15 is 0 Å². The van der Waals surface area contributed by atoms with Gasteiger partial charge in [-0.15, -0.1) is 0 Å². The van der Waals surface area contributed by atoms with Gasteiger partial charge in [0.05, 0.1) is 0 Å². The van der Waals surface area contributed by atoms with E-state index in [4.69, 9.17) is 14.2 Å². The SMILES string of the molecule is C=C1COC(=O)[C@]12C[C@]1(C)C(C)CCC(OC(=O)C(C)=CC)[C@@H]1C2OC(C)=O. The first-order valence-electron chi connectivity index (χ1n) is 9.94. The number of esters is 3. The second kappa shape index (κ2) is 7.05. The fraction of sp³-hybridized carbons (Fsp3) is 0.682. The van der Waals surface area contributed by atoms with E-state index in [2.05, 4.69) is 20.4 Å². The maximum absolute atomic E-state index is 12.9. The topological polar surface area (TPSA) is 78.9 Å². The van der Waals surface area contributed by atoms with Crippen molar-refractivity contribution < 1.29 is 28.6 Å². The van der Waals surface area contributed by atoms with Gasteiger partial charge in [0.2, 0.25) is 0 Å². The average molecular weight is 390 g/mol. The molecule has 0 aromatic heterocycles. The minimum atomic E-state index is -1.07. The molecule has 3 rings (SSSR count). The van der Waals surface area contributed by atoms with Crippen LogP contribution in [0.3, 0.4) is 0 Å². The van der Waals surface area contributed by atoms with Crippen molar-refractivity contribution in [2.45, 2.75) is 66.1 Å². The van der Waals surface area contributed by atoms with E-state index in [0.717, 1.165) is 6.42 Å². The molecular formula is C22H30O6. The van der Waals surface area contributed by atoms with Gasteiger partial charge in [-0.1, -0.05) is 26.5 Å². The zero-order valence-electron chi connectivity index (χ0n) is 17.4. The van der Waals surface area contributed by atoms with Crippen LogP contribution in [-0.4, -0.2) is 36.7 Å². The first-order chi connectivity index (χ1) is 13.1. The van der Waals surface area contributed by atoms with Gasteiger partial charge in [-0.25, -0.2) is 4.79 Å². The highest BCUT2D eigenvalue weighted by atomic mass is 16.6. The lowest BCUT2D eigenvalue weighted by Crippen LogP contribution is -2.50. The second-order valence-electron chi connectivity index (χ2n) is 8.78. The summed E-state index contributed by atoms with van der Waals surface area (Å²) in [6.07, 6.45) is 2.54. The Morgan fingerprint density at radius 1 is 1.25 bits per heavy atom. The van der Waals surface area contributed by atoms with Crippen LogP contribution in [-0.2, 0) is 28.6 Å². The van der Waals surface area contributed by atoms with Crippen molar-refractivity contribution in [3.63, 3.8) is 0 Å². The van der Waals surface area contributed by atoms with Gasteiger partial charge in [0.1, 0.15) is 24.2 Å². The second-order valence-corrected chi connectivity index (χ2v) is 8.78. The van der Waals surface area contributed by atoms with E-state index in [1.54, 1.807) is 19.9 Å². The molecule has 1 spiro atoms. The fourth-order valence-electron chi connectivity index (χ4n) is 5.42. The lowest BCUT2D eigenvalue weighted by molar-refractivity contribution is -0.173. The van der Waals surface area contributed by atoms with Gasteiger partial charge < -0.3 is 14.2 Å². The maximum atomic E-state index is 12.9. The Labute approximate surface area is 166 Å². The molecule has 3 aliphatic rings. The first-order valence-corrected chi connectivity index (χ1v) is 9.94. The van der Waals surface area contributed by atoms with Crippen molar-refractivity contribution >= 4 is 17.9 Å². The highest BCUT2D eigenvalue weighted by Gasteiger charge is 2.71. The third-order valence-electron chi connectivity index (χ3n) is 7.32. The molecule has 0 aromatic carbocycles. The Hall–Kier alpha value is -2.11. The van der Waals surface area contributed by atoms with Crippen molar-refractivity contribution in [1.82, 2.24) is 0 Å². The minimum absolute atomic E-state index is 0.135. The van der Waals surface area contributed by atoms with Gasteiger partial charge in [-0.05, 0) is 50.0 Å². The number of allylic oxidation sites excluding steroid dienone is 1. The third-order valence-corrected chi connectivity index (χ3v) is 7.32. The summed E-state index contributed by atoms with van der Waals surface area (Å²) < 4.78 is 17.0. The molecule has 154 valence electrons. The van der Waals surface area contributed by atoms with Crippen LogP contribution >= 0.6 is 0 Å². The van der Waals surface area contributed by atoms with Crippen molar-refractivity contribution in [1.29, 1.82) is 0 Å². The molecule has 0 amide bonds. The number of cyclic esters (lactones) is 1. The highest BCUT2D eigenvalue weighted by molar-refractivity contribution is 5.88. The van der Waals surface area contributed by atoms with E-state index in [9.17, 15) is 14.4 Å². The molecular weight excluding hydrogens is 360 g/mol. The highest BCUT2D eigenvalue weighted by Crippen LogP contribution is 2.66. The largest absolute Gasteiger partial charge is 0.461 e. The number of carbonyl (C=O) groups is 3. The Bertz CT molecular complexity index is 734. The van der Waals surface area contributed by atoms with E-state index in [1.807, 2.05) is 0 Å². The van der Waals surface area contributed by atoms with E-state index in [-0.39, 0.29) is 35.8 Å². The Balaban J connectivity index is 2.07. The lowest BCUT2D eigenvalue weighted by Gasteiger charge is -2.46. The van der Waals surface area contributed by atoms with Crippen LogP contribution in [0.5, 0.6) is 0 Å². The van der Waals surface area contributed by atoms with Crippen LogP contribution in [0.25, 0.3) is 0 Å². The molecule has 0 radical (unpaired) electrons. The summed E-state index contributed by atoms with van der Waals surface area (Å²) in [7, 11) is 0. The molecule has 0 N–H and O–H groups in total.